The second kappa shape index (κ2) is 8.10. The Morgan fingerprint density at radius 1 is 1.06 bits per heavy atom. The van der Waals surface area contributed by atoms with Crippen molar-refractivity contribution in [1.29, 1.82) is 0 Å². The van der Waals surface area contributed by atoms with Crippen LogP contribution < -0.4 is 20.1 Å². The first-order valence-electron chi connectivity index (χ1n) is 9.88. The molecule has 1 aliphatic heterocycles. The summed E-state index contributed by atoms with van der Waals surface area (Å²) < 4.78 is 11.2. The van der Waals surface area contributed by atoms with E-state index in [0.717, 1.165) is 16.7 Å². The lowest BCUT2D eigenvalue weighted by Crippen LogP contribution is -2.44. The Bertz CT molecular complexity index is 1140. The van der Waals surface area contributed by atoms with Crippen LogP contribution in [0, 0.1) is 0 Å². The maximum absolute atomic E-state index is 13.0. The summed E-state index contributed by atoms with van der Waals surface area (Å²) in [5.74, 6) is 0.760. The zero-order valence-electron chi connectivity index (χ0n) is 17.6. The van der Waals surface area contributed by atoms with Gasteiger partial charge in [-0.2, -0.15) is 0 Å². The van der Waals surface area contributed by atoms with Gasteiger partial charge in [-0.1, -0.05) is 12.1 Å². The van der Waals surface area contributed by atoms with Crippen molar-refractivity contribution in [3.8, 4) is 22.8 Å². The summed E-state index contributed by atoms with van der Waals surface area (Å²) in [5, 5.41) is 5.70. The Morgan fingerprint density at radius 2 is 1.84 bits per heavy atom. The second-order valence-electron chi connectivity index (χ2n) is 7.60. The van der Waals surface area contributed by atoms with Gasteiger partial charge in [-0.3, -0.25) is 9.59 Å². The number of ether oxygens (including phenoxy) is 2. The monoisotopic (exact) mass is 417 g/mol. The van der Waals surface area contributed by atoms with Crippen LogP contribution in [0.1, 0.15) is 19.4 Å². The molecule has 1 atom stereocenters. The largest absolute Gasteiger partial charge is 0.497 e. The fourth-order valence-corrected chi connectivity index (χ4v) is 3.62. The predicted molar refractivity (Wildman–Crippen MR) is 118 cm³/mol. The smallest absolute Gasteiger partial charge is 0.268 e. The van der Waals surface area contributed by atoms with Crippen LogP contribution in [0.2, 0.25) is 0 Å². The first kappa shape index (κ1) is 20.4. The molecule has 1 aliphatic rings. The molecule has 2 heterocycles. The highest BCUT2D eigenvalue weighted by molar-refractivity contribution is 5.98. The van der Waals surface area contributed by atoms with Gasteiger partial charge in [0.1, 0.15) is 5.75 Å². The number of nitrogens with one attached hydrogen (secondary N) is 2. The predicted octanol–water partition coefficient (Wildman–Crippen LogP) is 4.05. The molecule has 158 valence electrons. The van der Waals surface area contributed by atoms with Crippen molar-refractivity contribution in [1.82, 2.24) is 4.98 Å². The van der Waals surface area contributed by atoms with Crippen molar-refractivity contribution in [2.24, 2.45) is 0 Å². The fourth-order valence-electron chi connectivity index (χ4n) is 3.62. The number of carbonyl (C=O) groups is 2. The van der Waals surface area contributed by atoms with Crippen molar-refractivity contribution >= 4 is 23.2 Å². The molecule has 2 N–H and O–H groups in total. The molecule has 0 spiro atoms. The van der Waals surface area contributed by atoms with Crippen LogP contribution in [-0.4, -0.2) is 29.5 Å². The first-order valence-corrected chi connectivity index (χ1v) is 9.88. The second-order valence-corrected chi connectivity index (χ2v) is 7.60. The number of aromatic nitrogens is 1. The van der Waals surface area contributed by atoms with Gasteiger partial charge in [0.2, 0.25) is 11.8 Å². The molecule has 0 bridgehead atoms. The highest BCUT2D eigenvalue weighted by atomic mass is 16.5. The molecule has 1 aromatic heterocycles. The SMILES string of the molecule is COc1ccc(NC(=O)C2(C)Cc3c(-c4cccc(NC(C)=O)c4)ccnc3O2)cc1. The minimum atomic E-state index is -1.10. The number of fused-ring (bicyclic) bond motifs is 1. The van der Waals surface area contributed by atoms with Gasteiger partial charge < -0.3 is 20.1 Å². The normalized spacial score (nSPS) is 16.7. The summed E-state index contributed by atoms with van der Waals surface area (Å²) in [5.41, 5.74) is 2.94. The third kappa shape index (κ3) is 4.21. The summed E-state index contributed by atoms with van der Waals surface area (Å²) in [6.45, 7) is 3.22. The van der Waals surface area contributed by atoms with E-state index in [9.17, 15) is 9.59 Å². The summed E-state index contributed by atoms with van der Waals surface area (Å²) in [6, 6.07) is 16.6. The average molecular weight is 417 g/mol. The van der Waals surface area contributed by atoms with E-state index in [0.29, 0.717) is 29.4 Å². The third-order valence-electron chi connectivity index (χ3n) is 5.17. The van der Waals surface area contributed by atoms with Gasteiger partial charge in [0.25, 0.3) is 5.91 Å². The van der Waals surface area contributed by atoms with Crippen LogP contribution in [-0.2, 0) is 16.0 Å². The number of rotatable bonds is 5. The van der Waals surface area contributed by atoms with Crippen LogP contribution >= 0.6 is 0 Å². The minimum absolute atomic E-state index is 0.136. The fraction of sp³-hybridized carbons (Fsp3) is 0.208. The Kier molecular flexibility index (Phi) is 5.33. The highest BCUT2D eigenvalue weighted by Crippen LogP contribution is 2.40. The van der Waals surface area contributed by atoms with Crippen molar-refractivity contribution in [2.45, 2.75) is 25.9 Å². The van der Waals surface area contributed by atoms with Crippen LogP contribution in [0.15, 0.2) is 60.8 Å². The summed E-state index contributed by atoms with van der Waals surface area (Å²) in [4.78, 5) is 28.8. The van der Waals surface area contributed by atoms with Crippen molar-refractivity contribution in [3.63, 3.8) is 0 Å². The number of nitrogens with zero attached hydrogens (tertiary/aromatic N) is 1. The number of amides is 2. The molecular formula is C24H23N3O4. The van der Waals surface area contributed by atoms with Crippen LogP contribution in [0.3, 0.4) is 0 Å². The molecule has 0 fully saturated rings. The molecule has 2 amide bonds. The van der Waals surface area contributed by atoms with Crippen LogP contribution in [0.25, 0.3) is 11.1 Å². The van der Waals surface area contributed by atoms with Gasteiger partial charge in [0, 0.05) is 36.5 Å². The Morgan fingerprint density at radius 3 is 2.55 bits per heavy atom. The minimum Gasteiger partial charge on any atom is -0.497 e. The van der Waals surface area contributed by atoms with Gasteiger partial charge in [-0.25, -0.2) is 4.98 Å². The maximum atomic E-state index is 13.0. The molecule has 0 saturated heterocycles. The van der Waals surface area contributed by atoms with Crippen molar-refractivity contribution in [3.05, 3.63) is 66.4 Å². The molecule has 3 aromatic rings. The number of benzene rings is 2. The maximum Gasteiger partial charge on any atom is 0.268 e. The molecule has 31 heavy (non-hydrogen) atoms. The number of pyridine rings is 1. The molecule has 0 saturated carbocycles. The highest BCUT2D eigenvalue weighted by Gasteiger charge is 2.43. The lowest BCUT2D eigenvalue weighted by molar-refractivity contribution is -0.128. The van der Waals surface area contributed by atoms with E-state index in [4.69, 9.17) is 9.47 Å². The zero-order chi connectivity index (χ0) is 22.0. The number of carbonyl (C=O) groups excluding carboxylic acids is 2. The molecule has 7 nitrogen and oxygen atoms in total. The van der Waals surface area contributed by atoms with Crippen molar-refractivity contribution < 1.29 is 19.1 Å². The summed E-state index contributed by atoms with van der Waals surface area (Å²) in [7, 11) is 1.59. The lowest BCUT2D eigenvalue weighted by Gasteiger charge is -2.22. The van der Waals surface area contributed by atoms with E-state index in [2.05, 4.69) is 15.6 Å². The van der Waals surface area contributed by atoms with E-state index in [1.54, 1.807) is 44.5 Å². The van der Waals surface area contributed by atoms with Crippen LogP contribution in [0.4, 0.5) is 11.4 Å². The third-order valence-corrected chi connectivity index (χ3v) is 5.17. The number of methoxy groups -OCH3 is 1. The van der Waals surface area contributed by atoms with Crippen LogP contribution in [0.5, 0.6) is 11.6 Å². The summed E-state index contributed by atoms with van der Waals surface area (Å²) in [6.07, 6.45) is 2.03. The molecule has 0 aliphatic carbocycles. The molecular weight excluding hydrogens is 394 g/mol. The Hall–Kier alpha value is -3.87. The Balaban J connectivity index is 1.58. The molecule has 2 aromatic carbocycles. The van der Waals surface area contributed by atoms with E-state index in [1.165, 1.54) is 6.92 Å². The first-order chi connectivity index (χ1) is 14.9. The van der Waals surface area contributed by atoms with Gasteiger partial charge in [-0.05, 0) is 60.5 Å². The van der Waals surface area contributed by atoms with E-state index in [-0.39, 0.29) is 11.8 Å². The topological polar surface area (TPSA) is 89.6 Å². The van der Waals surface area contributed by atoms with Gasteiger partial charge in [0.15, 0.2) is 5.60 Å². The van der Waals surface area contributed by atoms with Gasteiger partial charge >= 0.3 is 0 Å². The zero-order valence-corrected chi connectivity index (χ0v) is 17.6. The lowest BCUT2D eigenvalue weighted by atomic mass is 9.93. The van der Waals surface area contributed by atoms with Crippen molar-refractivity contribution in [2.75, 3.05) is 17.7 Å². The number of hydrogen-bond donors (Lipinski definition) is 2. The average Bonchev–Trinajstić information content (AvgIpc) is 3.11. The quantitative estimate of drug-likeness (QED) is 0.654. The van der Waals surface area contributed by atoms with Gasteiger partial charge in [0.05, 0.1) is 7.11 Å². The standard InChI is InChI=1S/C24H23N3O4/c1-15(28)26-18-6-4-5-16(13-18)20-11-12-25-22-21(20)14-24(2,31-22)23(29)27-17-7-9-19(30-3)10-8-17/h4-13H,14H2,1-3H3,(H,26,28)(H,27,29). The van der Waals surface area contributed by atoms with E-state index < -0.39 is 5.60 Å². The molecule has 4 rings (SSSR count). The molecule has 0 radical (unpaired) electrons. The van der Waals surface area contributed by atoms with Gasteiger partial charge in [-0.15, -0.1) is 0 Å². The van der Waals surface area contributed by atoms with E-state index in [1.807, 2.05) is 30.3 Å². The number of hydrogen-bond acceptors (Lipinski definition) is 5. The molecule has 1 unspecified atom stereocenters. The summed E-state index contributed by atoms with van der Waals surface area (Å²) >= 11 is 0. The Labute approximate surface area is 180 Å². The molecule has 7 heteroatoms. The number of anilines is 2. The van der Waals surface area contributed by atoms with E-state index >= 15 is 0 Å².